The van der Waals surface area contributed by atoms with Crippen LogP contribution in [-0.4, -0.2) is 86.1 Å². The Morgan fingerprint density at radius 1 is 0.607 bits per heavy atom. The number of rotatable bonds is 39. The first-order chi connectivity index (χ1) is 29.4. The minimum Gasteiger partial charge on any atom is -0.462 e. The third-order valence-electron chi connectivity index (χ3n) is 8.88. The molecule has 0 spiro atoms. The van der Waals surface area contributed by atoms with Crippen LogP contribution in [0, 0.1) is 0 Å². The van der Waals surface area contributed by atoms with Crippen molar-refractivity contribution in [2.45, 2.75) is 148 Å². The molecule has 0 rings (SSSR count). The second kappa shape index (κ2) is 40.7. The topological polar surface area (TPSA) is 129 Å². The van der Waals surface area contributed by atoms with Crippen LogP contribution in [0.15, 0.2) is 109 Å². The van der Waals surface area contributed by atoms with Crippen molar-refractivity contribution in [1.29, 1.82) is 0 Å². The van der Waals surface area contributed by atoms with Crippen LogP contribution in [0.5, 0.6) is 0 Å². The zero-order chi connectivity index (χ0) is 45.1. The summed E-state index contributed by atoms with van der Waals surface area (Å²) in [5, 5.41) is 10.2. The van der Waals surface area contributed by atoms with Crippen LogP contribution in [-0.2, 0) is 32.7 Å². The van der Waals surface area contributed by atoms with Crippen LogP contribution < -0.4 is 0 Å². The molecule has 0 aliphatic rings. The lowest BCUT2D eigenvalue weighted by atomic mass is 10.1. The van der Waals surface area contributed by atoms with Crippen molar-refractivity contribution < 1.29 is 47.2 Å². The van der Waals surface area contributed by atoms with Gasteiger partial charge in [0.2, 0.25) is 0 Å². The van der Waals surface area contributed by atoms with Crippen molar-refractivity contribution in [3.63, 3.8) is 0 Å². The van der Waals surface area contributed by atoms with E-state index in [0.29, 0.717) is 30.3 Å². The molecule has 0 fully saturated rings. The molecule has 0 radical (unpaired) electrons. The van der Waals surface area contributed by atoms with Crippen LogP contribution in [0.3, 0.4) is 0 Å². The highest BCUT2D eigenvalue weighted by atomic mass is 31.2. The third kappa shape index (κ3) is 44.5. The Bertz CT molecular complexity index is 1420. The van der Waals surface area contributed by atoms with Crippen molar-refractivity contribution in [1.82, 2.24) is 0 Å². The maximum Gasteiger partial charge on any atom is 0.472 e. The number of carbonyl (C=O) groups is 2. The number of likely N-dealkylation sites (N-methyl/N-ethyl adjacent to an activating group) is 1. The Morgan fingerprint density at radius 2 is 1.16 bits per heavy atom. The molecular weight excluding hydrogens is 790 g/mol. The Kier molecular flexibility index (Phi) is 38.4. The summed E-state index contributed by atoms with van der Waals surface area (Å²) in [6.07, 6.45) is 51.7. The molecule has 10 nitrogen and oxygen atoms in total. The monoisotopic (exact) mass is 873 g/mol. The van der Waals surface area contributed by atoms with Gasteiger partial charge in [0.05, 0.1) is 33.9 Å². The lowest BCUT2D eigenvalue weighted by Gasteiger charge is -2.24. The smallest absolute Gasteiger partial charge is 0.462 e. The minimum absolute atomic E-state index is 0.00714. The number of nitrogens with zero attached hydrogens (tertiary/aromatic N) is 1. The summed E-state index contributed by atoms with van der Waals surface area (Å²) in [5.74, 6) is -1.02. The molecule has 0 saturated carbocycles. The minimum atomic E-state index is -4.43. The molecular formula is C50H83NO9P+. The maximum atomic E-state index is 12.7. The zero-order valence-electron chi connectivity index (χ0n) is 38.5. The second-order valence-electron chi connectivity index (χ2n) is 15.9. The molecule has 0 heterocycles. The summed E-state index contributed by atoms with van der Waals surface area (Å²) >= 11 is 0. The molecule has 0 amide bonds. The number of unbranched alkanes of at least 4 members (excludes halogenated alkanes) is 7. The number of allylic oxidation sites excluding steroid dienone is 16. The third-order valence-corrected chi connectivity index (χ3v) is 9.87. The van der Waals surface area contributed by atoms with E-state index >= 15 is 0 Å². The molecule has 0 aliphatic heterocycles. The molecule has 2 unspecified atom stereocenters. The largest absolute Gasteiger partial charge is 0.472 e. The number of phosphoric acid groups is 1. The number of hydrogen-bond donors (Lipinski definition) is 2. The first-order valence-corrected chi connectivity index (χ1v) is 24.2. The molecule has 2 N–H and O–H groups in total. The summed E-state index contributed by atoms with van der Waals surface area (Å²) in [7, 11) is 1.35. The van der Waals surface area contributed by atoms with Crippen LogP contribution in [0.1, 0.15) is 136 Å². The van der Waals surface area contributed by atoms with Gasteiger partial charge in [0, 0.05) is 12.8 Å². The van der Waals surface area contributed by atoms with Gasteiger partial charge in [-0.1, -0.05) is 149 Å². The maximum absolute atomic E-state index is 12.7. The fraction of sp³-hybridized carbons (Fsp3) is 0.600. The summed E-state index contributed by atoms with van der Waals surface area (Å²) in [6, 6.07) is 0. The van der Waals surface area contributed by atoms with Crippen LogP contribution in [0.4, 0.5) is 0 Å². The quantitative estimate of drug-likeness (QED) is 0.0155. The number of hydrogen-bond acceptors (Lipinski definition) is 8. The van der Waals surface area contributed by atoms with Gasteiger partial charge in [0.1, 0.15) is 19.8 Å². The number of aliphatic hydroxyl groups is 1. The molecule has 346 valence electrons. The molecule has 0 aromatic carbocycles. The van der Waals surface area contributed by atoms with E-state index in [1.165, 1.54) is 25.7 Å². The number of aliphatic hydroxyl groups excluding tert-OH is 1. The highest BCUT2D eigenvalue weighted by Crippen LogP contribution is 2.43. The molecule has 0 saturated heterocycles. The van der Waals surface area contributed by atoms with Crippen molar-refractivity contribution >= 4 is 19.8 Å². The van der Waals surface area contributed by atoms with E-state index in [0.717, 1.165) is 64.2 Å². The molecule has 0 aromatic heterocycles. The Hall–Kier alpha value is -3.37. The van der Waals surface area contributed by atoms with Crippen LogP contribution in [0.25, 0.3) is 0 Å². The summed E-state index contributed by atoms with van der Waals surface area (Å²) in [4.78, 5) is 35.4. The van der Waals surface area contributed by atoms with Gasteiger partial charge in [0.15, 0.2) is 6.10 Å². The first kappa shape index (κ1) is 57.6. The SMILES string of the molecule is CC/C=C\C/C=C\C/C=C\C/C=C\C=C/C(O)C/C=C\CCC(=O)OC[C@H](COP(=O)(O)OCC[N+](C)(C)C)OC(=O)CCCCCC/C=C\C/C=C\C/C=C\CCCCC. The van der Waals surface area contributed by atoms with E-state index in [9.17, 15) is 24.2 Å². The summed E-state index contributed by atoms with van der Waals surface area (Å²) in [6.45, 7) is 4.02. The second-order valence-corrected chi connectivity index (χ2v) is 17.3. The van der Waals surface area contributed by atoms with Crippen molar-refractivity contribution in [2.24, 2.45) is 0 Å². The predicted molar refractivity (Wildman–Crippen MR) is 253 cm³/mol. The van der Waals surface area contributed by atoms with Crippen molar-refractivity contribution in [3.8, 4) is 0 Å². The van der Waals surface area contributed by atoms with Gasteiger partial charge in [-0.05, 0) is 83.5 Å². The normalized spacial score (nSPS) is 15.1. The van der Waals surface area contributed by atoms with Gasteiger partial charge in [-0.25, -0.2) is 4.57 Å². The van der Waals surface area contributed by atoms with Crippen molar-refractivity contribution in [2.75, 3.05) is 47.5 Å². The van der Waals surface area contributed by atoms with Crippen LogP contribution >= 0.6 is 7.82 Å². The van der Waals surface area contributed by atoms with E-state index in [2.05, 4.69) is 86.8 Å². The van der Waals surface area contributed by atoms with Gasteiger partial charge in [-0.15, -0.1) is 0 Å². The Balaban J connectivity index is 4.62. The van der Waals surface area contributed by atoms with E-state index in [4.69, 9.17) is 18.5 Å². The van der Waals surface area contributed by atoms with E-state index in [-0.39, 0.29) is 26.1 Å². The zero-order valence-corrected chi connectivity index (χ0v) is 39.4. The Morgan fingerprint density at radius 3 is 1.77 bits per heavy atom. The highest BCUT2D eigenvalue weighted by Gasteiger charge is 2.27. The van der Waals surface area contributed by atoms with Gasteiger partial charge in [0.25, 0.3) is 0 Å². The Labute approximate surface area is 370 Å². The number of esters is 2. The number of quaternary nitrogens is 1. The lowest BCUT2D eigenvalue weighted by Crippen LogP contribution is -2.37. The summed E-state index contributed by atoms with van der Waals surface area (Å²) < 4.78 is 34.1. The molecule has 0 aromatic rings. The number of ether oxygens (including phenoxy) is 2. The average Bonchev–Trinajstić information content (AvgIpc) is 3.21. The van der Waals surface area contributed by atoms with E-state index in [1.807, 2.05) is 45.4 Å². The fourth-order valence-corrected chi connectivity index (χ4v) is 6.05. The molecule has 11 heteroatoms. The predicted octanol–water partition coefficient (Wildman–Crippen LogP) is 12.1. The van der Waals surface area contributed by atoms with Gasteiger partial charge < -0.3 is 24.0 Å². The molecule has 61 heavy (non-hydrogen) atoms. The standard InChI is InChI=1S/C50H82NO9P/c1-6-8-10-12-14-16-18-20-21-22-23-25-27-29-31-33-37-42-50(54)60-48(46-59-61(55,56)58-44-43-51(3,4)5)45-57-49(53)41-38-34-36-40-47(52)39-35-32-30-28-26-24-19-17-15-13-11-9-7-2/h9,11,14-17,20-21,23-26,30,32,34-36,39,47-48,52H,6-8,10,12-13,18-19,22,27-29,31,33,37-38,40-46H2,1-5H3/p+1/b11-9-,16-14-,17-15-,21-20-,25-23-,26-24-,32-30-,36-34-,39-35-/t47?,48-/m1/s1. The molecule has 0 aliphatic carbocycles. The van der Waals surface area contributed by atoms with Gasteiger partial charge in [-0.3, -0.25) is 18.6 Å². The van der Waals surface area contributed by atoms with E-state index < -0.39 is 38.6 Å². The number of carbonyl (C=O) groups excluding carboxylic acids is 2. The number of phosphoric ester groups is 1. The van der Waals surface area contributed by atoms with Crippen LogP contribution in [0.2, 0.25) is 0 Å². The molecule has 3 atom stereocenters. The van der Waals surface area contributed by atoms with E-state index in [1.54, 1.807) is 12.2 Å². The average molecular weight is 873 g/mol. The van der Waals surface area contributed by atoms with Gasteiger partial charge >= 0.3 is 19.8 Å². The highest BCUT2D eigenvalue weighted by molar-refractivity contribution is 7.47. The first-order valence-electron chi connectivity index (χ1n) is 22.7. The van der Waals surface area contributed by atoms with Gasteiger partial charge in [-0.2, -0.15) is 0 Å². The fourth-order valence-electron chi connectivity index (χ4n) is 5.30. The van der Waals surface area contributed by atoms with Crippen molar-refractivity contribution in [3.05, 3.63) is 109 Å². The lowest BCUT2D eigenvalue weighted by molar-refractivity contribution is -0.870. The molecule has 0 bridgehead atoms. The summed E-state index contributed by atoms with van der Waals surface area (Å²) in [5.41, 5.74) is 0.